The molecule has 1 atom stereocenters. The van der Waals surface area contributed by atoms with Crippen LogP contribution >= 0.6 is 0 Å². The maximum Gasteiger partial charge on any atom is 0.251 e. The van der Waals surface area contributed by atoms with Gasteiger partial charge < -0.3 is 10.2 Å². The molecule has 3 nitrogen and oxygen atoms in total. The lowest BCUT2D eigenvalue weighted by Crippen LogP contribution is -3.07. The van der Waals surface area contributed by atoms with Gasteiger partial charge in [-0.25, -0.2) is 8.78 Å². The number of carbonyl (C=O) groups excluding carboxylic acids is 1. The number of rotatable bonds is 5. The molecule has 0 aromatic heterocycles. The summed E-state index contributed by atoms with van der Waals surface area (Å²) < 4.78 is 26.3. The molecule has 0 aliphatic carbocycles. The normalized spacial score (nSPS) is 12.2. The third kappa shape index (κ3) is 4.11. The molecule has 0 radical (unpaired) electrons. The molecular weight excluding hydrogens is 286 g/mol. The van der Waals surface area contributed by atoms with Crippen LogP contribution in [0.5, 0.6) is 0 Å². The number of quaternary nitrogens is 1. The summed E-state index contributed by atoms with van der Waals surface area (Å²) in [5, 5.41) is 2.74. The zero-order chi connectivity index (χ0) is 16.1. The lowest BCUT2D eigenvalue weighted by Gasteiger charge is -2.22. The van der Waals surface area contributed by atoms with Gasteiger partial charge in [-0.2, -0.15) is 0 Å². The average molecular weight is 305 g/mol. The van der Waals surface area contributed by atoms with Crippen LogP contribution in [0.2, 0.25) is 0 Å². The highest BCUT2D eigenvalue weighted by Crippen LogP contribution is 2.10. The number of hydrogen-bond donors (Lipinski definition) is 2. The second-order valence-corrected chi connectivity index (χ2v) is 5.41. The Morgan fingerprint density at radius 2 is 1.68 bits per heavy atom. The molecule has 0 bridgehead atoms. The van der Waals surface area contributed by atoms with E-state index < -0.39 is 17.5 Å². The van der Waals surface area contributed by atoms with E-state index in [2.05, 4.69) is 5.32 Å². The number of halogens is 2. The minimum absolute atomic E-state index is 0.0157. The van der Waals surface area contributed by atoms with Crippen molar-refractivity contribution >= 4 is 5.91 Å². The number of hydrogen-bond acceptors (Lipinski definition) is 1. The van der Waals surface area contributed by atoms with Crippen molar-refractivity contribution in [3.63, 3.8) is 0 Å². The molecule has 0 aliphatic heterocycles. The van der Waals surface area contributed by atoms with Gasteiger partial charge in [0.25, 0.3) is 5.91 Å². The van der Waals surface area contributed by atoms with Crippen LogP contribution in [-0.4, -0.2) is 26.5 Å². The van der Waals surface area contributed by atoms with Crippen molar-refractivity contribution in [3.05, 3.63) is 71.3 Å². The Morgan fingerprint density at radius 3 is 2.23 bits per heavy atom. The van der Waals surface area contributed by atoms with Crippen LogP contribution in [0, 0.1) is 11.6 Å². The first kappa shape index (κ1) is 16.1. The molecule has 2 aromatic carbocycles. The number of nitrogens with one attached hydrogen (secondary N) is 2. The van der Waals surface area contributed by atoms with Crippen molar-refractivity contribution in [1.82, 2.24) is 5.32 Å². The van der Waals surface area contributed by atoms with E-state index in [0.29, 0.717) is 6.54 Å². The Hall–Kier alpha value is -2.27. The maximum atomic E-state index is 13.2. The van der Waals surface area contributed by atoms with Gasteiger partial charge in [0, 0.05) is 17.2 Å². The van der Waals surface area contributed by atoms with Gasteiger partial charge in [-0.05, 0) is 12.1 Å². The topological polar surface area (TPSA) is 33.5 Å². The van der Waals surface area contributed by atoms with Crippen molar-refractivity contribution in [3.8, 4) is 0 Å². The third-order valence-corrected chi connectivity index (χ3v) is 3.49. The van der Waals surface area contributed by atoms with Crippen LogP contribution in [-0.2, 0) is 0 Å². The molecule has 0 aliphatic rings. The Morgan fingerprint density at radius 1 is 1.09 bits per heavy atom. The van der Waals surface area contributed by atoms with Crippen molar-refractivity contribution in [2.75, 3.05) is 20.6 Å². The Bertz CT molecular complexity index is 624. The summed E-state index contributed by atoms with van der Waals surface area (Å²) in [6.45, 7) is 0.378. The third-order valence-electron chi connectivity index (χ3n) is 3.49. The molecule has 0 heterocycles. The Kier molecular flexibility index (Phi) is 5.22. The number of carbonyl (C=O) groups is 1. The maximum absolute atomic E-state index is 13.2. The summed E-state index contributed by atoms with van der Waals surface area (Å²) in [5.41, 5.74) is 1.08. The molecular formula is C17H19F2N2O+. The number of amides is 1. The Balaban J connectivity index is 2.08. The fraction of sp³-hybridized carbons (Fsp3) is 0.235. The molecule has 22 heavy (non-hydrogen) atoms. The number of likely N-dealkylation sites (N-methyl/N-ethyl adjacent to an activating group) is 1. The van der Waals surface area contributed by atoms with Gasteiger partial charge in [0.1, 0.15) is 17.7 Å². The van der Waals surface area contributed by atoms with Crippen molar-refractivity contribution in [2.24, 2.45) is 0 Å². The largest absolute Gasteiger partial charge is 0.346 e. The monoisotopic (exact) mass is 305 g/mol. The lowest BCUT2D eigenvalue weighted by molar-refractivity contribution is -0.890. The fourth-order valence-corrected chi connectivity index (χ4v) is 2.32. The molecule has 2 N–H and O–H groups in total. The van der Waals surface area contributed by atoms with Gasteiger partial charge in [0.2, 0.25) is 0 Å². The van der Waals surface area contributed by atoms with Crippen LogP contribution in [0.25, 0.3) is 0 Å². The van der Waals surface area contributed by atoms with Gasteiger partial charge in [-0.3, -0.25) is 4.79 Å². The first-order valence-electron chi connectivity index (χ1n) is 7.06. The molecule has 0 unspecified atom stereocenters. The molecule has 0 fully saturated rings. The zero-order valence-electron chi connectivity index (χ0n) is 12.6. The van der Waals surface area contributed by atoms with Gasteiger partial charge in [-0.1, -0.05) is 30.3 Å². The van der Waals surface area contributed by atoms with Crippen LogP contribution in [0.3, 0.4) is 0 Å². The van der Waals surface area contributed by atoms with E-state index in [9.17, 15) is 13.6 Å². The van der Waals surface area contributed by atoms with Crippen molar-refractivity contribution < 1.29 is 18.5 Å². The Labute approximate surface area is 128 Å². The molecule has 5 heteroatoms. The van der Waals surface area contributed by atoms with E-state index in [1.165, 1.54) is 0 Å². The van der Waals surface area contributed by atoms with E-state index >= 15 is 0 Å². The molecule has 2 aromatic rings. The van der Waals surface area contributed by atoms with E-state index in [4.69, 9.17) is 0 Å². The molecule has 0 saturated heterocycles. The molecule has 116 valence electrons. The second kappa shape index (κ2) is 7.13. The highest BCUT2D eigenvalue weighted by Gasteiger charge is 2.19. The molecule has 2 rings (SSSR count). The second-order valence-electron chi connectivity index (χ2n) is 5.41. The molecule has 0 spiro atoms. The van der Waals surface area contributed by atoms with Crippen molar-refractivity contribution in [2.45, 2.75) is 6.04 Å². The number of benzene rings is 2. The minimum atomic E-state index is -0.761. The fourth-order valence-electron chi connectivity index (χ4n) is 2.32. The van der Waals surface area contributed by atoms with E-state index in [0.717, 1.165) is 28.7 Å². The summed E-state index contributed by atoms with van der Waals surface area (Å²) in [6.07, 6.45) is 0. The predicted molar refractivity (Wildman–Crippen MR) is 80.7 cm³/mol. The summed E-state index contributed by atoms with van der Waals surface area (Å²) in [5.74, 6) is -2.01. The van der Waals surface area contributed by atoms with Crippen molar-refractivity contribution in [1.29, 1.82) is 0 Å². The first-order chi connectivity index (χ1) is 10.5. The summed E-state index contributed by atoms with van der Waals surface area (Å²) in [7, 11) is 3.98. The molecule has 1 amide bonds. The van der Waals surface area contributed by atoms with Gasteiger partial charge in [-0.15, -0.1) is 0 Å². The van der Waals surface area contributed by atoms with Gasteiger partial charge >= 0.3 is 0 Å². The van der Waals surface area contributed by atoms with Crippen LogP contribution in [0.1, 0.15) is 22.0 Å². The van der Waals surface area contributed by atoms with E-state index in [1.54, 1.807) is 0 Å². The van der Waals surface area contributed by atoms with E-state index in [1.807, 2.05) is 44.4 Å². The highest BCUT2D eigenvalue weighted by atomic mass is 19.1. The summed E-state index contributed by atoms with van der Waals surface area (Å²) in [4.78, 5) is 13.2. The smallest absolute Gasteiger partial charge is 0.251 e. The standard InChI is InChI=1S/C17H18F2N2O/c1-21(2)16(12-6-4-3-5-7-12)11-20-17(22)13-8-14(18)10-15(19)9-13/h3-10,16H,11H2,1-2H3,(H,20,22)/p+1/t16-/m0/s1. The first-order valence-corrected chi connectivity index (χ1v) is 7.06. The zero-order valence-corrected chi connectivity index (χ0v) is 12.6. The van der Waals surface area contributed by atoms with E-state index in [-0.39, 0.29) is 11.6 Å². The lowest BCUT2D eigenvalue weighted by atomic mass is 10.1. The van der Waals surface area contributed by atoms with Gasteiger partial charge in [0.15, 0.2) is 0 Å². The minimum Gasteiger partial charge on any atom is -0.346 e. The van der Waals surface area contributed by atoms with Crippen LogP contribution in [0.4, 0.5) is 8.78 Å². The predicted octanol–water partition coefficient (Wildman–Crippen LogP) is 1.58. The average Bonchev–Trinajstić information content (AvgIpc) is 2.47. The summed E-state index contributed by atoms with van der Waals surface area (Å²) in [6, 6.07) is 12.6. The quantitative estimate of drug-likeness (QED) is 0.864. The van der Waals surface area contributed by atoms with Crippen LogP contribution in [0.15, 0.2) is 48.5 Å². The summed E-state index contributed by atoms with van der Waals surface area (Å²) >= 11 is 0. The molecule has 0 saturated carbocycles. The van der Waals surface area contributed by atoms with Gasteiger partial charge in [0.05, 0.1) is 20.6 Å². The van der Waals surface area contributed by atoms with Crippen LogP contribution < -0.4 is 10.2 Å². The highest BCUT2D eigenvalue weighted by molar-refractivity contribution is 5.94. The SMILES string of the molecule is C[NH+](C)[C@@H](CNC(=O)c1cc(F)cc(F)c1)c1ccccc1.